The molecule has 3 aromatic heterocycles. The number of likely N-dealkylation sites (tertiary alicyclic amines) is 1. The Labute approximate surface area is 174 Å². The van der Waals surface area contributed by atoms with Crippen LogP contribution in [0, 0.1) is 0 Å². The molecule has 1 saturated carbocycles. The summed E-state index contributed by atoms with van der Waals surface area (Å²) in [7, 11) is 4.15. The molecular formula is C21H24N6OS. The Hall–Kier alpha value is -2.58. The van der Waals surface area contributed by atoms with E-state index in [4.69, 9.17) is 4.98 Å². The first-order chi connectivity index (χ1) is 14.1. The fraction of sp³-hybridized carbons (Fsp3) is 0.429. The van der Waals surface area contributed by atoms with Crippen LogP contribution in [-0.2, 0) is 0 Å². The number of nitrogens with zero attached hydrogens (tertiary/aromatic N) is 6. The van der Waals surface area contributed by atoms with Crippen LogP contribution in [0.5, 0.6) is 0 Å². The lowest BCUT2D eigenvalue weighted by Gasteiger charge is -2.20. The van der Waals surface area contributed by atoms with Crippen LogP contribution in [0.25, 0.3) is 16.5 Å². The van der Waals surface area contributed by atoms with Crippen LogP contribution in [0.4, 0.5) is 0 Å². The van der Waals surface area contributed by atoms with Gasteiger partial charge in [0, 0.05) is 31.2 Å². The standard InChI is InChI=1S/C21H24N6OS/c1-25(2)15-8-10-26(13-15)20(28)16-12-23-27(19(16)14-5-6-14)21-22-9-7-17(24-21)18-4-3-11-29-18/h3-4,7,9,11-12,14-15H,5-6,8,10,13H2,1-2H3/t15-/m0/s1. The Kier molecular flexibility index (Phi) is 4.67. The highest BCUT2D eigenvalue weighted by molar-refractivity contribution is 7.13. The number of rotatable bonds is 5. The number of thiophene rings is 1. The van der Waals surface area contributed by atoms with Gasteiger partial charge in [-0.15, -0.1) is 11.3 Å². The van der Waals surface area contributed by atoms with Crippen molar-refractivity contribution in [1.29, 1.82) is 0 Å². The largest absolute Gasteiger partial charge is 0.337 e. The molecule has 150 valence electrons. The molecule has 0 unspecified atom stereocenters. The van der Waals surface area contributed by atoms with Crippen LogP contribution in [0.15, 0.2) is 36.0 Å². The van der Waals surface area contributed by atoms with Gasteiger partial charge < -0.3 is 9.80 Å². The Balaban J connectivity index is 1.48. The van der Waals surface area contributed by atoms with Crippen LogP contribution in [0.1, 0.15) is 41.2 Å². The van der Waals surface area contributed by atoms with Crippen molar-refractivity contribution in [2.24, 2.45) is 0 Å². The molecule has 0 radical (unpaired) electrons. The molecule has 3 aromatic rings. The third kappa shape index (κ3) is 3.47. The van der Waals surface area contributed by atoms with Crippen LogP contribution in [0.2, 0.25) is 0 Å². The second-order valence-electron chi connectivity index (χ2n) is 8.01. The van der Waals surface area contributed by atoms with Gasteiger partial charge in [0.25, 0.3) is 11.9 Å². The minimum Gasteiger partial charge on any atom is -0.337 e. The Morgan fingerprint density at radius 1 is 1.24 bits per heavy atom. The summed E-state index contributed by atoms with van der Waals surface area (Å²) in [6.07, 6.45) is 6.64. The first kappa shape index (κ1) is 18.4. The fourth-order valence-corrected chi connectivity index (χ4v) is 4.66. The molecular weight excluding hydrogens is 384 g/mol. The topological polar surface area (TPSA) is 67.2 Å². The zero-order chi connectivity index (χ0) is 20.0. The number of amides is 1. The van der Waals surface area contributed by atoms with Crippen molar-refractivity contribution in [2.45, 2.75) is 31.2 Å². The Morgan fingerprint density at radius 3 is 2.79 bits per heavy atom. The minimum atomic E-state index is 0.0805. The van der Waals surface area contributed by atoms with E-state index < -0.39 is 0 Å². The third-order valence-corrected chi connectivity index (χ3v) is 6.68. The molecule has 1 saturated heterocycles. The maximum Gasteiger partial charge on any atom is 0.257 e. The van der Waals surface area contributed by atoms with E-state index in [1.165, 1.54) is 0 Å². The summed E-state index contributed by atoms with van der Waals surface area (Å²) >= 11 is 1.65. The fourth-order valence-electron chi connectivity index (χ4n) is 3.96. The van der Waals surface area contributed by atoms with Crippen LogP contribution in [0.3, 0.4) is 0 Å². The number of carbonyl (C=O) groups is 1. The summed E-state index contributed by atoms with van der Waals surface area (Å²) in [5.74, 6) is 0.971. The van der Waals surface area contributed by atoms with Gasteiger partial charge >= 0.3 is 0 Å². The molecule has 1 atom stereocenters. The van der Waals surface area contributed by atoms with Gasteiger partial charge in [-0.05, 0) is 50.9 Å². The molecule has 1 aliphatic heterocycles. The van der Waals surface area contributed by atoms with E-state index in [0.29, 0.717) is 23.5 Å². The van der Waals surface area contributed by atoms with Crippen molar-refractivity contribution in [2.75, 3.05) is 27.2 Å². The van der Waals surface area contributed by atoms with Gasteiger partial charge in [-0.25, -0.2) is 14.6 Å². The lowest BCUT2D eigenvalue weighted by atomic mass is 10.1. The van der Waals surface area contributed by atoms with E-state index in [1.807, 2.05) is 28.5 Å². The number of aromatic nitrogens is 4. The lowest BCUT2D eigenvalue weighted by Crippen LogP contribution is -2.34. The van der Waals surface area contributed by atoms with Crippen molar-refractivity contribution < 1.29 is 4.79 Å². The molecule has 0 spiro atoms. The van der Waals surface area contributed by atoms with E-state index >= 15 is 0 Å². The average molecular weight is 409 g/mol. The van der Waals surface area contributed by atoms with Crippen molar-refractivity contribution in [1.82, 2.24) is 29.5 Å². The van der Waals surface area contributed by atoms with E-state index in [0.717, 1.165) is 48.6 Å². The summed E-state index contributed by atoms with van der Waals surface area (Å²) < 4.78 is 1.78. The highest BCUT2D eigenvalue weighted by Crippen LogP contribution is 2.42. The molecule has 4 heterocycles. The van der Waals surface area contributed by atoms with Gasteiger partial charge in [0.15, 0.2) is 0 Å². The van der Waals surface area contributed by atoms with Gasteiger partial charge in [0.2, 0.25) is 0 Å². The highest BCUT2D eigenvalue weighted by Gasteiger charge is 2.36. The summed E-state index contributed by atoms with van der Waals surface area (Å²) in [5.41, 5.74) is 2.55. The molecule has 0 bridgehead atoms. The van der Waals surface area contributed by atoms with E-state index in [2.05, 4.69) is 29.1 Å². The molecule has 5 rings (SSSR count). The van der Waals surface area contributed by atoms with Gasteiger partial charge in [-0.3, -0.25) is 4.79 Å². The summed E-state index contributed by atoms with van der Waals surface area (Å²) in [5, 5.41) is 6.59. The molecule has 0 N–H and O–H groups in total. The molecule has 1 aliphatic carbocycles. The van der Waals surface area contributed by atoms with E-state index in [-0.39, 0.29) is 5.91 Å². The molecule has 7 nitrogen and oxygen atoms in total. The van der Waals surface area contributed by atoms with Crippen molar-refractivity contribution >= 4 is 17.2 Å². The van der Waals surface area contributed by atoms with Crippen LogP contribution in [-0.4, -0.2) is 68.7 Å². The van der Waals surface area contributed by atoms with Crippen molar-refractivity contribution in [3.05, 3.63) is 47.2 Å². The number of hydrogen-bond acceptors (Lipinski definition) is 6. The van der Waals surface area contributed by atoms with Gasteiger partial charge in [-0.2, -0.15) is 5.10 Å². The number of carbonyl (C=O) groups excluding carboxylic acids is 1. The Bertz CT molecular complexity index is 1020. The zero-order valence-electron chi connectivity index (χ0n) is 16.7. The summed E-state index contributed by atoms with van der Waals surface area (Å²) in [6, 6.07) is 6.39. The molecule has 2 fully saturated rings. The van der Waals surface area contributed by atoms with Gasteiger partial charge in [0.05, 0.1) is 28.0 Å². The number of likely N-dealkylation sites (N-methyl/N-ethyl adjacent to an activating group) is 1. The lowest BCUT2D eigenvalue weighted by molar-refractivity contribution is 0.0782. The predicted octanol–water partition coefficient (Wildman–Crippen LogP) is 3.04. The molecule has 29 heavy (non-hydrogen) atoms. The zero-order valence-corrected chi connectivity index (χ0v) is 17.5. The SMILES string of the molecule is CN(C)[C@H]1CCN(C(=O)c2cnn(-c3nccc(-c4cccs4)n3)c2C2CC2)C1. The van der Waals surface area contributed by atoms with Crippen LogP contribution >= 0.6 is 11.3 Å². The molecule has 0 aromatic carbocycles. The summed E-state index contributed by atoms with van der Waals surface area (Å²) in [4.78, 5) is 27.7. The van der Waals surface area contributed by atoms with Crippen LogP contribution < -0.4 is 0 Å². The average Bonchev–Trinajstić information content (AvgIpc) is 3.19. The molecule has 2 aliphatic rings. The maximum atomic E-state index is 13.3. The Morgan fingerprint density at radius 2 is 2.10 bits per heavy atom. The first-order valence-corrected chi connectivity index (χ1v) is 10.9. The smallest absolute Gasteiger partial charge is 0.257 e. The van der Waals surface area contributed by atoms with Gasteiger partial charge in [0.1, 0.15) is 0 Å². The molecule has 8 heteroatoms. The van der Waals surface area contributed by atoms with Crippen molar-refractivity contribution in [3.63, 3.8) is 0 Å². The third-order valence-electron chi connectivity index (χ3n) is 5.79. The minimum absolute atomic E-state index is 0.0805. The normalized spacial score (nSPS) is 19.3. The van der Waals surface area contributed by atoms with Crippen molar-refractivity contribution in [3.8, 4) is 16.5 Å². The summed E-state index contributed by atoms with van der Waals surface area (Å²) in [6.45, 7) is 1.56. The number of hydrogen-bond donors (Lipinski definition) is 0. The monoisotopic (exact) mass is 408 g/mol. The highest BCUT2D eigenvalue weighted by atomic mass is 32.1. The second kappa shape index (κ2) is 7.35. The maximum absolute atomic E-state index is 13.3. The predicted molar refractivity (Wildman–Crippen MR) is 112 cm³/mol. The quantitative estimate of drug-likeness (QED) is 0.649. The second-order valence-corrected chi connectivity index (χ2v) is 8.95. The van der Waals surface area contributed by atoms with E-state index in [1.54, 1.807) is 28.4 Å². The molecule has 1 amide bonds. The van der Waals surface area contributed by atoms with Gasteiger partial charge in [-0.1, -0.05) is 6.07 Å². The first-order valence-electron chi connectivity index (χ1n) is 10.0. The van der Waals surface area contributed by atoms with E-state index in [9.17, 15) is 4.79 Å².